The van der Waals surface area contributed by atoms with E-state index in [0.717, 1.165) is 10.2 Å². The third-order valence-electron chi connectivity index (χ3n) is 3.48. The van der Waals surface area contributed by atoms with E-state index >= 15 is 0 Å². The first-order chi connectivity index (χ1) is 8.80. The van der Waals surface area contributed by atoms with E-state index in [2.05, 4.69) is 15.9 Å². The Bertz CT molecular complexity index is 612. The molecule has 1 aliphatic rings. The molecule has 1 unspecified atom stereocenters. The van der Waals surface area contributed by atoms with E-state index in [9.17, 15) is 13.2 Å². The fraction of sp³-hybridized carbons (Fsp3) is 0.462. The van der Waals surface area contributed by atoms with Crippen LogP contribution in [-0.2, 0) is 9.84 Å². The average molecular weight is 346 g/mol. The highest BCUT2D eigenvalue weighted by Crippen LogP contribution is 2.29. The first-order valence-electron chi connectivity index (χ1n) is 6.04. The molecule has 0 saturated carbocycles. The highest BCUT2D eigenvalue weighted by atomic mass is 79.9. The lowest BCUT2D eigenvalue weighted by Gasteiger charge is -2.27. The number of carbonyl (C=O) groups excluding carboxylic acids is 1. The molecule has 1 aromatic carbocycles. The van der Waals surface area contributed by atoms with Crippen molar-refractivity contribution < 1.29 is 13.2 Å². The molecule has 0 radical (unpaired) electrons. The van der Waals surface area contributed by atoms with Gasteiger partial charge in [0.2, 0.25) is 0 Å². The Labute approximate surface area is 121 Å². The maximum Gasteiger partial charge on any atom is 0.161 e. The Hall–Kier alpha value is -0.880. The topological polar surface area (TPSA) is 54.5 Å². The van der Waals surface area contributed by atoms with Crippen LogP contribution in [-0.4, -0.2) is 38.8 Å². The van der Waals surface area contributed by atoms with Gasteiger partial charge in [0.25, 0.3) is 0 Å². The fourth-order valence-electron chi connectivity index (χ4n) is 2.37. The first-order valence-corrected chi connectivity index (χ1v) is 8.65. The summed E-state index contributed by atoms with van der Waals surface area (Å²) in [5.41, 5.74) is 1.40. The molecule has 2 rings (SSSR count). The molecule has 19 heavy (non-hydrogen) atoms. The lowest BCUT2D eigenvalue weighted by molar-refractivity contribution is 0.101. The van der Waals surface area contributed by atoms with Crippen molar-refractivity contribution in [1.29, 1.82) is 0 Å². The number of nitrogens with zero attached hydrogens (tertiary/aromatic N) is 1. The molecular weight excluding hydrogens is 330 g/mol. The molecule has 0 N–H and O–H groups in total. The Kier molecular flexibility index (Phi) is 4.01. The van der Waals surface area contributed by atoms with Crippen LogP contribution in [0, 0.1) is 0 Å². The van der Waals surface area contributed by atoms with Crippen molar-refractivity contribution in [2.24, 2.45) is 0 Å². The van der Waals surface area contributed by atoms with Crippen molar-refractivity contribution in [2.45, 2.75) is 19.4 Å². The van der Waals surface area contributed by atoms with Crippen molar-refractivity contribution >= 4 is 37.2 Å². The molecule has 0 amide bonds. The van der Waals surface area contributed by atoms with Gasteiger partial charge in [-0.3, -0.25) is 4.79 Å². The summed E-state index contributed by atoms with van der Waals surface area (Å²) in [6.07, 6.45) is 0.614. The molecule has 104 valence electrons. The monoisotopic (exact) mass is 345 g/mol. The lowest BCUT2D eigenvalue weighted by atomic mass is 10.1. The molecule has 0 aromatic heterocycles. The summed E-state index contributed by atoms with van der Waals surface area (Å²) in [5, 5.41) is 0. The molecule has 6 heteroatoms. The molecule has 0 aliphatic carbocycles. The van der Waals surface area contributed by atoms with Gasteiger partial charge in [-0.15, -0.1) is 0 Å². The third-order valence-corrected chi connectivity index (χ3v) is 5.72. The highest BCUT2D eigenvalue weighted by Gasteiger charge is 2.31. The molecule has 1 heterocycles. The van der Waals surface area contributed by atoms with E-state index in [-0.39, 0.29) is 23.3 Å². The SMILES string of the molecule is CC(=O)c1ccc(Br)cc1N(C)C1CCS(=O)(=O)C1. The minimum absolute atomic E-state index is 0.0183. The molecule has 4 nitrogen and oxygen atoms in total. The smallest absolute Gasteiger partial charge is 0.161 e. The molecule has 0 bridgehead atoms. The Morgan fingerprint density at radius 3 is 2.63 bits per heavy atom. The van der Waals surface area contributed by atoms with Gasteiger partial charge in [0.1, 0.15) is 0 Å². The number of anilines is 1. The van der Waals surface area contributed by atoms with Crippen molar-refractivity contribution in [3.05, 3.63) is 28.2 Å². The normalized spacial score (nSPS) is 21.3. The van der Waals surface area contributed by atoms with Crippen LogP contribution in [0.25, 0.3) is 0 Å². The maximum absolute atomic E-state index is 11.7. The van der Waals surface area contributed by atoms with E-state index in [4.69, 9.17) is 0 Å². The van der Waals surface area contributed by atoms with Crippen LogP contribution in [0.3, 0.4) is 0 Å². The fourth-order valence-corrected chi connectivity index (χ4v) is 4.50. The number of benzene rings is 1. The maximum atomic E-state index is 11.7. The van der Waals surface area contributed by atoms with Crippen molar-refractivity contribution in [3.8, 4) is 0 Å². The van der Waals surface area contributed by atoms with E-state index < -0.39 is 9.84 Å². The molecule has 1 saturated heterocycles. The van der Waals surface area contributed by atoms with E-state index in [1.807, 2.05) is 24.1 Å². The summed E-state index contributed by atoms with van der Waals surface area (Å²) >= 11 is 3.39. The predicted octanol–water partition coefficient (Wildman–Crippen LogP) is 2.28. The molecule has 1 atom stereocenters. The number of ketones is 1. The number of rotatable bonds is 3. The van der Waals surface area contributed by atoms with Gasteiger partial charge in [0.15, 0.2) is 15.6 Å². The van der Waals surface area contributed by atoms with Crippen LogP contribution in [0.4, 0.5) is 5.69 Å². The van der Waals surface area contributed by atoms with Crippen molar-refractivity contribution in [2.75, 3.05) is 23.5 Å². The van der Waals surface area contributed by atoms with Crippen LogP contribution < -0.4 is 4.90 Å². The number of hydrogen-bond acceptors (Lipinski definition) is 4. The van der Waals surface area contributed by atoms with Gasteiger partial charge in [-0.25, -0.2) is 8.42 Å². The van der Waals surface area contributed by atoms with Crippen molar-refractivity contribution in [1.82, 2.24) is 0 Å². The zero-order valence-electron chi connectivity index (χ0n) is 10.9. The zero-order valence-corrected chi connectivity index (χ0v) is 13.3. The van der Waals surface area contributed by atoms with E-state index in [1.54, 1.807) is 6.07 Å². The van der Waals surface area contributed by atoms with Gasteiger partial charge in [0.05, 0.1) is 11.5 Å². The summed E-state index contributed by atoms with van der Waals surface area (Å²) in [5.74, 6) is 0.369. The molecule has 1 fully saturated rings. The summed E-state index contributed by atoms with van der Waals surface area (Å²) in [6.45, 7) is 1.52. The van der Waals surface area contributed by atoms with Gasteiger partial charge in [-0.1, -0.05) is 15.9 Å². The Morgan fingerprint density at radius 1 is 1.42 bits per heavy atom. The van der Waals surface area contributed by atoms with Gasteiger partial charge >= 0.3 is 0 Å². The Balaban J connectivity index is 2.36. The summed E-state index contributed by atoms with van der Waals surface area (Å²) in [7, 11) is -1.08. The number of Topliss-reactive ketones (excluding diaryl/α,β-unsaturated/α-hetero) is 1. The minimum Gasteiger partial charge on any atom is -0.370 e. The molecule has 1 aromatic rings. The Morgan fingerprint density at radius 2 is 2.11 bits per heavy atom. The number of carbonyl (C=O) groups is 1. The van der Waals surface area contributed by atoms with E-state index in [0.29, 0.717) is 12.0 Å². The van der Waals surface area contributed by atoms with Crippen LogP contribution in [0.2, 0.25) is 0 Å². The summed E-state index contributed by atoms with van der Waals surface area (Å²) < 4.78 is 24.0. The largest absolute Gasteiger partial charge is 0.370 e. The van der Waals surface area contributed by atoms with Crippen LogP contribution in [0.5, 0.6) is 0 Å². The number of sulfone groups is 1. The minimum atomic E-state index is -2.93. The average Bonchev–Trinajstić information content (AvgIpc) is 2.68. The summed E-state index contributed by atoms with van der Waals surface area (Å²) in [6, 6.07) is 5.39. The predicted molar refractivity (Wildman–Crippen MR) is 79.6 cm³/mol. The quantitative estimate of drug-likeness (QED) is 0.788. The zero-order chi connectivity index (χ0) is 14.2. The molecule has 1 aliphatic heterocycles. The number of halogens is 1. The number of hydrogen-bond donors (Lipinski definition) is 0. The lowest BCUT2D eigenvalue weighted by Crippen LogP contribution is -2.33. The van der Waals surface area contributed by atoms with Gasteiger partial charge in [0, 0.05) is 28.8 Å². The molecule has 0 spiro atoms. The summed E-state index contributed by atoms with van der Waals surface area (Å²) in [4.78, 5) is 13.6. The van der Waals surface area contributed by atoms with Gasteiger partial charge in [-0.2, -0.15) is 0 Å². The van der Waals surface area contributed by atoms with Crippen LogP contribution in [0.15, 0.2) is 22.7 Å². The van der Waals surface area contributed by atoms with E-state index in [1.165, 1.54) is 6.92 Å². The second-order valence-corrected chi connectivity index (χ2v) is 8.03. The first kappa shape index (κ1) is 14.5. The van der Waals surface area contributed by atoms with Gasteiger partial charge in [-0.05, 0) is 31.5 Å². The highest BCUT2D eigenvalue weighted by molar-refractivity contribution is 9.10. The second kappa shape index (κ2) is 5.25. The van der Waals surface area contributed by atoms with Crippen LogP contribution in [0.1, 0.15) is 23.7 Å². The second-order valence-electron chi connectivity index (χ2n) is 4.89. The third kappa shape index (κ3) is 3.17. The molecular formula is C13H16BrNO3S. The van der Waals surface area contributed by atoms with Crippen molar-refractivity contribution in [3.63, 3.8) is 0 Å². The standard InChI is InChI=1S/C13H16BrNO3S/c1-9(16)12-4-3-10(14)7-13(12)15(2)11-5-6-19(17,18)8-11/h3-4,7,11H,5-6,8H2,1-2H3. The van der Waals surface area contributed by atoms with Gasteiger partial charge < -0.3 is 4.90 Å². The van der Waals surface area contributed by atoms with Crippen LogP contribution >= 0.6 is 15.9 Å².